The van der Waals surface area contributed by atoms with E-state index in [9.17, 15) is 9.59 Å². The van der Waals surface area contributed by atoms with Gasteiger partial charge in [-0.1, -0.05) is 47.5 Å². The van der Waals surface area contributed by atoms with Crippen molar-refractivity contribution in [3.05, 3.63) is 86.0 Å². The van der Waals surface area contributed by atoms with Crippen LogP contribution >= 0.6 is 34.5 Å². The van der Waals surface area contributed by atoms with Crippen LogP contribution < -0.4 is 11.2 Å². The number of nitrogens with zero attached hydrogens (tertiary/aromatic N) is 3. The summed E-state index contributed by atoms with van der Waals surface area (Å²) in [7, 11) is 0. The van der Waals surface area contributed by atoms with Gasteiger partial charge in [0.25, 0.3) is 5.56 Å². The molecule has 0 saturated carbocycles. The first-order chi connectivity index (χ1) is 14.0. The second-order valence-electron chi connectivity index (χ2n) is 6.28. The highest BCUT2D eigenvalue weighted by molar-refractivity contribution is 7.22. The van der Waals surface area contributed by atoms with Crippen molar-refractivity contribution in [3.8, 4) is 16.1 Å². The van der Waals surface area contributed by atoms with Gasteiger partial charge in [-0.3, -0.25) is 9.78 Å². The minimum Gasteiger partial charge on any atom is -0.306 e. The van der Waals surface area contributed by atoms with E-state index < -0.39 is 11.2 Å². The van der Waals surface area contributed by atoms with E-state index in [1.165, 1.54) is 17.5 Å². The zero-order valence-electron chi connectivity index (χ0n) is 14.5. The van der Waals surface area contributed by atoms with E-state index in [1.807, 2.05) is 24.3 Å². The molecule has 1 aromatic carbocycles. The third-order valence-electron chi connectivity index (χ3n) is 4.54. The molecular weight excluding hydrogens is 431 g/mol. The Kier molecular flexibility index (Phi) is 4.24. The normalized spacial score (nSPS) is 11.4. The van der Waals surface area contributed by atoms with Gasteiger partial charge in [0.2, 0.25) is 0 Å². The number of rotatable bonds is 2. The van der Waals surface area contributed by atoms with Crippen LogP contribution in [-0.2, 0) is 0 Å². The van der Waals surface area contributed by atoms with Gasteiger partial charge in [0.05, 0.1) is 17.4 Å². The van der Waals surface area contributed by atoms with Gasteiger partial charge < -0.3 is 4.98 Å². The third-order valence-corrected chi connectivity index (χ3v) is 6.20. The van der Waals surface area contributed by atoms with Gasteiger partial charge in [-0.2, -0.15) is 0 Å². The summed E-state index contributed by atoms with van der Waals surface area (Å²) < 4.78 is 1.51. The number of hydrogen-bond donors (Lipinski definition) is 1. The van der Waals surface area contributed by atoms with Crippen LogP contribution in [-0.4, -0.2) is 19.5 Å². The summed E-state index contributed by atoms with van der Waals surface area (Å²) in [5.41, 5.74) is 0.547. The molecule has 4 aromatic heterocycles. The molecule has 9 heteroatoms. The highest BCUT2D eigenvalue weighted by Crippen LogP contribution is 2.35. The molecule has 142 valence electrons. The summed E-state index contributed by atoms with van der Waals surface area (Å²) in [6, 6.07) is 12.5. The van der Waals surface area contributed by atoms with E-state index in [0.29, 0.717) is 26.3 Å². The molecule has 0 saturated heterocycles. The molecule has 6 nitrogen and oxygen atoms in total. The van der Waals surface area contributed by atoms with Crippen molar-refractivity contribution in [2.75, 3.05) is 0 Å². The predicted octanol–water partition coefficient (Wildman–Crippen LogP) is 4.66. The standard InChI is InChI=1S/C20H10Cl2N4O2S/c21-16-6-5-12(18(22)25-16)15-7-13-17(29-15)19(27)26(20(28)24-13)14-9-23-8-10-3-1-2-4-11(10)14/h1-9H,(H,24,28). The maximum atomic E-state index is 13.2. The fraction of sp³-hybridized carbons (Fsp3) is 0. The van der Waals surface area contributed by atoms with Gasteiger partial charge >= 0.3 is 5.69 Å². The van der Waals surface area contributed by atoms with Gasteiger partial charge in [0.1, 0.15) is 15.0 Å². The van der Waals surface area contributed by atoms with Gasteiger partial charge in [-0.15, -0.1) is 11.3 Å². The zero-order valence-corrected chi connectivity index (χ0v) is 16.8. The van der Waals surface area contributed by atoms with Crippen molar-refractivity contribution in [2.24, 2.45) is 0 Å². The minimum atomic E-state index is -0.537. The second-order valence-corrected chi connectivity index (χ2v) is 8.07. The number of aromatic amines is 1. The van der Waals surface area contributed by atoms with Crippen LogP contribution in [0.25, 0.3) is 37.1 Å². The SMILES string of the molecule is O=c1[nH]c2cc(-c3ccc(Cl)nc3Cl)sc2c(=O)n1-c1cncc2ccccc12. The zero-order chi connectivity index (χ0) is 20.1. The molecule has 0 aliphatic rings. The quantitative estimate of drug-likeness (QED) is 0.404. The highest BCUT2D eigenvalue weighted by Gasteiger charge is 2.17. The number of fused-ring (bicyclic) bond motifs is 2. The van der Waals surface area contributed by atoms with Gasteiger partial charge in [0.15, 0.2) is 0 Å². The first-order valence-corrected chi connectivity index (χ1v) is 10.0. The smallest absolute Gasteiger partial charge is 0.306 e. The Hall–Kier alpha value is -3.00. The number of benzene rings is 1. The molecule has 0 aliphatic carbocycles. The lowest BCUT2D eigenvalue weighted by molar-refractivity contribution is 0.905. The number of thiophene rings is 1. The predicted molar refractivity (Wildman–Crippen MR) is 117 cm³/mol. The molecule has 0 aliphatic heterocycles. The second kappa shape index (κ2) is 6.81. The fourth-order valence-electron chi connectivity index (χ4n) is 3.23. The Bertz CT molecular complexity index is 1530. The number of aromatic nitrogens is 4. The molecule has 0 unspecified atom stereocenters. The molecule has 1 N–H and O–H groups in total. The average Bonchev–Trinajstić information content (AvgIpc) is 3.12. The highest BCUT2D eigenvalue weighted by atomic mass is 35.5. The van der Waals surface area contributed by atoms with Crippen molar-refractivity contribution in [2.45, 2.75) is 0 Å². The first-order valence-electron chi connectivity index (χ1n) is 8.47. The van der Waals surface area contributed by atoms with E-state index in [-0.39, 0.29) is 10.3 Å². The van der Waals surface area contributed by atoms with E-state index >= 15 is 0 Å². The van der Waals surface area contributed by atoms with Crippen molar-refractivity contribution in [1.82, 2.24) is 19.5 Å². The molecule has 0 amide bonds. The Morgan fingerprint density at radius 3 is 2.69 bits per heavy atom. The fourth-order valence-corrected chi connectivity index (χ4v) is 4.81. The molecular formula is C20H10Cl2N4O2S. The molecule has 0 bridgehead atoms. The Morgan fingerprint density at radius 1 is 1.03 bits per heavy atom. The summed E-state index contributed by atoms with van der Waals surface area (Å²) in [5.74, 6) is 0. The largest absolute Gasteiger partial charge is 0.333 e. The van der Waals surface area contributed by atoms with Crippen LogP contribution in [0, 0.1) is 0 Å². The number of nitrogens with one attached hydrogen (secondary N) is 1. The van der Waals surface area contributed by atoms with Crippen LogP contribution in [0.15, 0.2) is 64.4 Å². The number of hydrogen-bond acceptors (Lipinski definition) is 5. The first kappa shape index (κ1) is 18.1. The summed E-state index contributed by atoms with van der Waals surface area (Å²) in [6.07, 6.45) is 3.20. The minimum absolute atomic E-state index is 0.227. The van der Waals surface area contributed by atoms with Crippen molar-refractivity contribution >= 4 is 55.5 Å². The summed E-state index contributed by atoms with van der Waals surface area (Å²) in [5, 5.41) is 2.10. The third kappa shape index (κ3) is 2.95. The summed E-state index contributed by atoms with van der Waals surface area (Å²) >= 11 is 13.3. The molecule has 5 rings (SSSR count). The Labute approximate surface area is 177 Å². The summed E-state index contributed by atoms with van der Waals surface area (Å²) in [6.45, 7) is 0. The Morgan fingerprint density at radius 2 is 1.86 bits per heavy atom. The molecule has 0 spiro atoms. The lowest BCUT2D eigenvalue weighted by atomic mass is 10.1. The van der Waals surface area contributed by atoms with Crippen LogP contribution in [0.1, 0.15) is 0 Å². The Balaban J connectivity index is 1.79. The molecule has 0 fully saturated rings. The monoisotopic (exact) mass is 440 g/mol. The van der Waals surface area contributed by atoms with Crippen molar-refractivity contribution in [1.29, 1.82) is 0 Å². The van der Waals surface area contributed by atoms with Crippen LogP contribution in [0.2, 0.25) is 10.3 Å². The summed E-state index contributed by atoms with van der Waals surface area (Å²) in [4.78, 5) is 37.7. The van der Waals surface area contributed by atoms with Gasteiger partial charge in [-0.25, -0.2) is 14.3 Å². The molecule has 5 aromatic rings. The van der Waals surface area contributed by atoms with E-state index in [2.05, 4.69) is 15.0 Å². The molecule has 4 heterocycles. The average molecular weight is 441 g/mol. The lowest BCUT2D eigenvalue weighted by Gasteiger charge is -2.07. The lowest BCUT2D eigenvalue weighted by Crippen LogP contribution is -2.33. The molecule has 0 atom stereocenters. The topological polar surface area (TPSA) is 80.6 Å². The van der Waals surface area contributed by atoms with Crippen LogP contribution in [0.4, 0.5) is 0 Å². The molecule has 0 radical (unpaired) electrons. The van der Waals surface area contributed by atoms with Gasteiger partial charge in [-0.05, 0) is 18.2 Å². The maximum Gasteiger partial charge on any atom is 0.333 e. The number of H-pyrrole nitrogens is 1. The van der Waals surface area contributed by atoms with Crippen LogP contribution in [0.3, 0.4) is 0 Å². The van der Waals surface area contributed by atoms with E-state index in [4.69, 9.17) is 23.2 Å². The van der Waals surface area contributed by atoms with E-state index in [1.54, 1.807) is 24.4 Å². The van der Waals surface area contributed by atoms with Crippen LogP contribution in [0.5, 0.6) is 0 Å². The maximum absolute atomic E-state index is 13.2. The number of halogens is 2. The van der Waals surface area contributed by atoms with E-state index in [0.717, 1.165) is 15.3 Å². The van der Waals surface area contributed by atoms with Crippen molar-refractivity contribution < 1.29 is 0 Å². The van der Waals surface area contributed by atoms with Gasteiger partial charge in [0, 0.05) is 27.4 Å². The molecule has 29 heavy (non-hydrogen) atoms. The number of pyridine rings is 2. The van der Waals surface area contributed by atoms with Crippen molar-refractivity contribution in [3.63, 3.8) is 0 Å².